The third-order valence-electron chi connectivity index (χ3n) is 7.56. The van der Waals surface area contributed by atoms with Gasteiger partial charge >= 0.3 is 0 Å². The quantitative estimate of drug-likeness (QED) is 0.302. The van der Waals surface area contributed by atoms with E-state index in [2.05, 4.69) is 23.7 Å². The third-order valence-corrected chi connectivity index (χ3v) is 7.56. The number of aryl methyl sites for hydroxylation is 1. The molecule has 0 atom stereocenters. The van der Waals surface area contributed by atoms with Gasteiger partial charge in [-0.2, -0.15) is 0 Å². The van der Waals surface area contributed by atoms with Crippen molar-refractivity contribution in [3.05, 3.63) is 107 Å². The minimum absolute atomic E-state index is 0.0420. The molecule has 3 aromatic carbocycles. The van der Waals surface area contributed by atoms with Crippen LogP contribution in [0.15, 0.2) is 84.0 Å². The molecule has 202 valence electrons. The Balaban J connectivity index is 1.35. The number of nitrogens with zero attached hydrogens (tertiary/aromatic N) is 3. The van der Waals surface area contributed by atoms with Gasteiger partial charge in [0.1, 0.15) is 5.82 Å². The molecule has 1 fully saturated rings. The summed E-state index contributed by atoms with van der Waals surface area (Å²) in [4.78, 5) is 22.5. The maximum atomic E-state index is 14.5. The maximum Gasteiger partial charge on any atom is 0.251 e. The van der Waals surface area contributed by atoms with E-state index in [-0.39, 0.29) is 11.7 Å². The zero-order chi connectivity index (χ0) is 27.2. The number of para-hydroxylation sites is 1. The first-order valence-electron chi connectivity index (χ1n) is 14.1. The van der Waals surface area contributed by atoms with Crippen molar-refractivity contribution >= 4 is 23.0 Å². The number of rotatable bonds is 10. The topological polar surface area (TPSA) is 47.9 Å². The van der Waals surface area contributed by atoms with Crippen molar-refractivity contribution in [3.63, 3.8) is 0 Å². The fourth-order valence-corrected chi connectivity index (χ4v) is 5.48. The molecule has 0 saturated carbocycles. The summed E-state index contributed by atoms with van der Waals surface area (Å²) in [6, 6.07) is 20.6. The van der Waals surface area contributed by atoms with Gasteiger partial charge in [0.05, 0.1) is 29.3 Å². The minimum Gasteiger partial charge on any atom is -0.352 e. The number of anilines is 1. The van der Waals surface area contributed by atoms with Crippen molar-refractivity contribution in [2.24, 2.45) is 4.99 Å². The van der Waals surface area contributed by atoms with Gasteiger partial charge in [0.25, 0.3) is 5.91 Å². The van der Waals surface area contributed by atoms with E-state index in [1.54, 1.807) is 12.1 Å². The van der Waals surface area contributed by atoms with Crippen molar-refractivity contribution < 1.29 is 9.18 Å². The number of hydrogen-bond donors (Lipinski definition) is 1. The smallest absolute Gasteiger partial charge is 0.251 e. The number of carbonyl (C=O) groups excluding carboxylic acids is 1. The Bertz CT molecular complexity index is 1380. The lowest BCUT2D eigenvalue weighted by Gasteiger charge is -2.20. The molecule has 2 aliphatic rings. The van der Waals surface area contributed by atoms with Crippen LogP contribution in [0.25, 0.3) is 0 Å². The number of fused-ring (bicyclic) bond motifs is 1. The SMILES string of the molecule is C=C1C(=Nc2ccc(C(=O)NCCCN3CCCC3)cc2CCC)c2ccccc2N1Cc1ccccc1F. The molecule has 0 bridgehead atoms. The molecule has 1 amide bonds. The number of nitrogens with one attached hydrogen (secondary N) is 1. The normalized spacial score (nSPS) is 16.2. The highest BCUT2D eigenvalue weighted by Crippen LogP contribution is 2.37. The maximum absolute atomic E-state index is 14.5. The fourth-order valence-electron chi connectivity index (χ4n) is 5.48. The number of carbonyl (C=O) groups is 1. The Morgan fingerprint density at radius 1 is 1.03 bits per heavy atom. The first-order chi connectivity index (χ1) is 19.0. The summed E-state index contributed by atoms with van der Waals surface area (Å²) in [6.45, 7) is 10.9. The van der Waals surface area contributed by atoms with Gasteiger partial charge in [0.2, 0.25) is 0 Å². The van der Waals surface area contributed by atoms with E-state index in [9.17, 15) is 9.18 Å². The van der Waals surface area contributed by atoms with Gasteiger partial charge < -0.3 is 15.1 Å². The molecule has 5 nitrogen and oxygen atoms in total. The predicted octanol–water partition coefficient (Wildman–Crippen LogP) is 6.65. The van der Waals surface area contributed by atoms with Crippen LogP contribution in [0, 0.1) is 5.82 Å². The highest BCUT2D eigenvalue weighted by Gasteiger charge is 2.29. The molecule has 0 radical (unpaired) electrons. The van der Waals surface area contributed by atoms with E-state index < -0.39 is 0 Å². The Hall–Kier alpha value is -3.77. The van der Waals surface area contributed by atoms with Crippen molar-refractivity contribution in [2.45, 2.75) is 45.6 Å². The van der Waals surface area contributed by atoms with Crippen molar-refractivity contribution in [3.8, 4) is 0 Å². The number of halogens is 1. The number of amides is 1. The molecule has 6 heteroatoms. The van der Waals surface area contributed by atoms with Crippen LogP contribution in [0.1, 0.15) is 59.7 Å². The highest BCUT2D eigenvalue weighted by molar-refractivity contribution is 6.22. The van der Waals surface area contributed by atoms with E-state index in [4.69, 9.17) is 4.99 Å². The van der Waals surface area contributed by atoms with Gasteiger partial charge in [0.15, 0.2) is 0 Å². The Kier molecular flexibility index (Phi) is 8.52. The molecule has 0 unspecified atom stereocenters. The predicted molar refractivity (Wildman–Crippen MR) is 157 cm³/mol. The fraction of sp³-hybridized carbons (Fsp3) is 0.333. The summed E-state index contributed by atoms with van der Waals surface area (Å²) in [6.07, 6.45) is 5.28. The Labute approximate surface area is 231 Å². The zero-order valence-electron chi connectivity index (χ0n) is 22.8. The molecule has 0 spiro atoms. The molecule has 0 aromatic heterocycles. The second-order valence-corrected chi connectivity index (χ2v) is 10.4. The van der Waals surface area contributed by atoms with E-state index in [0.29, 0.717) is 24.2 Å². The number of allylic oxidation sites excluding steroid dienone is 1. The van der Waals surface area contributed by atoms with E-state index in [0.717, 1.165) is 59.7 Å². The van der Waals surface area contributed by atoms with Gasteiger partial charge in [-0.3, -0.25) is 4.79 Å². The number of benzene rings is 3. The Morgan fingerprint density at radius 3 is 2.59 bits per heavy atom. The molecular formula is C33H37FN4O. The molecule has 2 heterocycles. The van der Waals surface area contributed by atoms with E-state index in [1.165, 1.54) is 32.0 Å². The molecular weight excluding hydrogens is 487 g/mol. The average Bonchev–Trinajstić information content (AvgIpc) is 3.56. The average molecular weight is 525 g/mol. The molecule has 1 saturated heterocycles. The van der Waals surface area contributed by atoms with Gasteiger partial charge in [-0.1, -0.05) is 56.3 Å². The summed E-state index contributed by atoms with van der Waals surface area (Å²) in [7, 11) is 0. The van der Waals surface area contributed by atoms with Crippen molar-refractivity contribution in [1.29, 1.82) is 0 Å². The summed E-state index contributed by atoms with van der Waals surface area (Å²) in [5, 5.41) is 3.09. The summed E-state index contributed by atoms with van der Waals surface area (Å²) in [5.74, 6) is -0.275. The first-order valence-corrected chi connectivity index (χ1v) is 14.1. The molecule has 39 heavy (non-hydrogen) atoms. The van der Waals surface area contributed by atoms with Gasteiger partial charge in [-0.15, -0.1) is 0 Å². The zero-order valence-corrected chi connectivity index (χ0v) is 22.8. The standard InChI is InChI=1S/C33H37FN4O/c1-3-11-25-22-26(33(39)35-18-10-21-37-19-8-9-20-37)16-17-30(25)36-32-24(2)38(31-15-7-5-13-28(31)32)23-27-12-4-6-14-29(27)34/h4-7,12-17,22H,2-3,8-11,18-21,23H2,1H3,(H,35,39). The lowest BCUT2D eigenvalue weighted by Crippen LogP contribution is -2.28. The van der Waals surface area contributed by atoms with Crippen LogP contribution in [0.5, 0.6) is 0 Å². The summed E-state index contributed by atoms with van der Waals surface area (Å²) in [5.41, 5.74) is 6.59. The van der Waals surface area contributed by atoms with Crippen LogP contribution in [0.4, 0.5) is 15.8 Å². The second kappa shape index (κ2) is 12.4. The number of likely N-dealkylation sites (tertiary alicyclic amines) is 1. The molecule has 5 rings (SSSR count). The number of hydrogen-bond acceptors (Lipinski definition) is 4. The minimum atomic E-state index is -0.233. The lowest BCUT2D eigenvalue weighted by atomic mass is 10.0. The highest BCUT2D eigenvalue weighted by atomic mass is 19.1. The van der Waals surface area contributed by atoms with Crippen molar-refractivity contribution in [2.75, 3.05) is 31.1 Å². The van der Waals surface area contributed by atoms with Crippen LogP contribution >= 0.6 is 0 Å². The summed E-state index contributed by atoms with van der Waals surface area (Å²) >= 11 is 0. The van der Waals surface area contributed by atoms with Gasteiger partial charge in [0, 0.05) is 23.2 Å². The Morgan fingerprint density at radius 2 is 1.79 bits per heavy atom. The van der Waals surface area contributed by atoms with Crippen molar-refractivity contribution in [1.82, 2.24) is 10.2 Å². The van der Waals surface area contributed by atoms with Gasteiger partial charge in [-0.25, -0.2) is 9.38 Å². The van der Waals surface area contributed by atoms with Crippen LogP contribution in [0.2, 0.25) is 0 Å². The van der Waals surface area contributed by atoms with E-state index in [1.807, 2.05) is 53.4 Å². The number of aliphatic imine (C=N–C) groups is 1. The monoisotopic (exact) mass is 524 g/mol. The molecule has 0 aliphatic carbocycles. The van der Waals surface area contributed by atoms with Crippen LogP contribution in [-0.2, 0) is 13.0 Å². The molecule has 2 aliphatic heterocycles. The largest absolute Gasteiger partial charge is 0.352 e. The lowest BCUT2D eigenvalue weighted by molar-refractivity contribution is 0.0952. The first kappa shape index (κ1) is 26.8. The second-order valence-electron chi connectivity index (χ2n) is 10.4. The third kappa shape index (κ3) is 6.12. The molecule has 1 N–H and O–H groups in total. The molecule has 3 aromatic rings. The van der Waals surface area contributed by atoms with E-state index >= 15 is 0 Å². The van der Waals surface area contributed by atoms with Crippen LogP contribution < -0.4 is 10.2 Å². The van der Waals surface area contributed by atoms with Gasteiger partial charge in [-0.05, 0) is 81.2 Å². The van der Waals surface area contributed by atoms with Crippen LogP contribution in [-0.4, -0.2) is 42.7 Å². The summed E-state index contributed by atoms with van der Waals surface area (Å²) < 4.78 is 14.5. The van der Waals surface area contributed by atoms with Crippen LogP contribution in [0.3, 0.4) is 0 Å².